The highest BCUT2D eigenvalue weighted by Gasteiger charge is 2.24. The molecule has 0 fully saturated rings. The molecule has 0 N–H and O–H groups in total. The zero-order chi connectivity index (χ0) is 16.6. The van der Waals surface area contributed by atoms with Gasteiger partial charge in [0.05, 0.1) is 15.5 Å². The van der Waals surface area contributed by atoms with E-state index in [1.54, 1.807) is 6.92 Å². The molecule has 2 aromatic heterocycles. The second-order valence-corrected chi connectivity index (χ2v) is 7.49. The molecule has 0 aliphatic rings. The van der Waals surface area contributed by atoms with Gasteiger partial charge < -0.3 is 4.74 Å². The van der Waals surface area contributed by atoms with Crippen molar-refractivity contribution in [2.45, 2.75) is 20.8 Å². The summed E-state index contributed by atoms with van der Waals surface area (Å²) >= 11 is 2.87. The standard InChI is InChI=1S/C18H16O3S2/c1-4-21-17(20)16-11(3)13-10(2)15(22-18(13)23-16)14(19)12-8-6-5-7-9-12/h5-9H,4H2,1-3H3. The molecule has 0 amide bonds. The number of fused-ring (bicyclic) bond motifs is 1. The van der Waals surface area contributed by atoms with Crippen molar-refractivity contribution in [2.24, 2.45) is 0 Å². The molecule has 5 heteroatoms. The van der Waals surface area contributed by atoms with E-state index in [0.29, 0.717) is 17.0 Å². The molecule has 2 heterocycles. The Kier molecular flexibility index (Phi) is 4.33. The first-order valence-electron chi connectivity index (χ1n) is 7.34. The molecule has 3 nitrogen and oxygen atoms in total. The number of carbonyl (C=O) groups is 2. The summed E-state index contributed by atoms with van der Waals surface area (Å²) in [6.45, 7) is 6.02. The van der Waals surface area contributed by atoms with Crippen molar-refractivity contribution >= 4 is 43.8 Å². The fourth-order valence-electron chi connectivity index (χ4n) is 2.60. The van der Waals surface area contributed by atoms with E-state index in [9.17, 15) is 9.59 Å². The number of esters is 1. The van der Waals surface area contributed by atoms with Crippen LogP contribution in [0.1, 0.15) is 43.0 Å². The van der Waals surface area contributed by atoms with Gasteiger partial charge in [-0.25, -0.2) is 4.79 Å². The van der Waals surface area contributed by atoms with Crippen LogP contribution < -0.4 is 0 Å². The summed E-state index contributed by atoms with van der Waals surface area (Å²) < 4.78 is 6.11. The maximum absolute atomic E-state index is 12.7. The maximum atomic E-state index is 12.7. The van der Waals surface area contributed by atoms with Gasteiger partial charge in [-0.05, 0) is 31.9 Å². The molecule has 3 rings (SSSR count). The predicted molar refractivity (Wildman–Crippen MR) is 95.0 cm³/mol. The number of ketones is 1. The third kappa shape index (κ3) is 2.71. The Morgan fingerprint density at radius 1 is 1.00 bits per heavy atom. The molecule has 118 valence electrons. The SMILES string of the molecule is CCOC(=O)c1sc2sc(C(=O)c3ccccc3)c(C)c2c1C. The molecule has 0 radical (unpaired) electrons. The van der Waals surface area contributed by atoms with Crippen LogP contribution in [-0.2, 0) is 4.74 Å². The third-order valence-corrected chi connectivity index (χ3v) is 6.38. The number of hydrogen-bond acceptors (Lipinski definition) is 5. The molecular weight excluding hydrogens is 328 g/mol. The van der Waals surface area contributed by atoms with Crippen molar-refractivity contribution in [1.29, 1.82) is 0 Å². The zero-order valence-corrected chi connectivity index (χ0v) is 14.8. The monoisotopic (exact) mass is 344 g/mol. The van der Waals surface area contributed by atoms with Gasteiger partial charge in [0.15, 0.2) is 0 Å². The molecule has 0 atom stereocenters. The normalized spacial score (nSPS) is 10.9. The summed E-state index contributed by atoms with van der Waals surface area (Å²) in [6, 6.07) is 9.27. The number of thiophene rings is 2. The van der Waals surface area contributed by atoms with Gasteiger partial charge in [-0.2, -0.15) is 0 Å². The Morgan fingerprint density at radius 3 is 2.22 bits per heavy atom. The maximum Gasteiger partial charge on any atom is 0.348 e. The Hall–Kier alpha value is -1.98. The van der Waals surface area contributed by atoms with Crippen molar-refractivity contribution in [3.63, 3.8) is 0 Å². The Labute approximate surface area is 142 Å². The average Bonchev–Trinajstić information content (AvgIpc) is 3.05. The lowest BCUT2D eigenvalue weighted by Crippen LogP contribution is -2.04. The van der Waals surface area contributed by atoms with Crippen molar-refractivity contribution in [3.05, 3.63) is 56.8 Å². The minimum atomic E-state index is -0.284. The van der Waals surface area contributed by atoms with Crippen LogP contribution in [0.2, 0.25) is 0 Å². The molecule has 0 aliphatic carbocycles. The molecule has 0 saturated heterocycles. The fourth-order valence-corrected chi connectivity index (χ4v) is 5.32. The highest BCUT2D eigenvalue weighted by Crippen LogP contribution is 2.41. The van der Waals surface area contributed by atoms with Gasteiger partial charge in [0.25, 0.3) is 0 Å². The lowest BCUT2D eigenvalue weighted by molar-refractivity contribution is 0.0531. The van der Waals surface area contributed by atoms with Gasteiger partial charge in [-0.1, -0.05) is 30.3 Å². The summed E-state index contributed by atoms with van der Waals surface area (Å²) in [5, 5.41) is 1.02. The molecule has 0 saturated carbocycles. The Bertz CT molecular complexity index is 888. The number of carbonyl (C=O) groups excluding carboxylic acids is 2. The first-order chi connectivity index (χ1) is 11.0. The molecule has 0 bridgehead atoms. The number of ether oxygens (including phenoxy) is 1. The van der Waals surface area contributed by atoms with E-state index in [2.05, 4.69) is 0 Å². The van der Waals surface area contributed by atoms with Crippen LogP contribution >= 0.6 is 22.7 Å². The number of hydrogen-bond donors (Lipinski definition) is 0. The third-order valence-electron chi connectivity index (χ3n) is 3.73. The lowest BCUT2D eigenvalue weighted by atomic mass is 10.0. The first kappa shape index (κ1) is 15.9. The van der Waals surface area contributed by atoms with Crippen LogP contribution in [0.5, 0.6) is 0 Å². The highest BCUT2D eigenvalue weighted by atomic mass is 32.2. The van der Waals surface area contributed by atoms with Crippen LogP contribution in [0.3, 0.4) is 0 Å². The highest BCUT2D eigenvalue weighted by molar-refractivity contribution is 7.40. The fraction of sp³-hybridized carbons (Fsp3) is 0.222. The summed E-state index contributed by atoms with van der Waals surface area (Å²) in [5.74, 6) is -0.248. The first-order valence-corrected chi connectivity index (χ1v) is 8.97. The quantitative estimate of drug-likeness (QED) is 0.495. The van der Waals surface area contributed by atoms with E-state index in [1.807, 2.05) is 44.2 Å². The van der Waals surface area contributed by atoms with Crippen LogP contribution in [0.4, 0.5) is 0 Å². The van der Waals surface area contributed by atoms with Gasteiger partial charge >= 0.3 is 5.97 Å². The van der Waals surface area contributed by atoms with Crippen molar-refractivity contribution in [2.75, 3.05) is 6.61 Å². The number of rotatable bonds is 4. The van der Waals surface area contributed by atoms with Gasteiger partial charge in [-0.15, -0.1) is 22.7 Å². The Morgan fingerprint density at radius 2 is 1.61 bits per heavy atom. The van der Waals surface area contributed by atoms with Gasteiger partial charge in [0.2, 0.25) is 5.78 Å². The molecule has 1 aromatic carbocycles. The lowest BCUT2D eigenvalue weighted by Gasteiger charge is -2.02. The van der Waals surface area contributed by atoms with Crippen LogP contribution in [0, 0.1) is 13.8 Å². The zero-order valence-electron chi connectivity index (χ0n) is 13.1. The second-order valence-electron chi connectivity index (χ2n) is 5.19. The van der Waals surface area contributed by atoms with Crippen LogP contribution in [0.15, 0.2) is 30.3 Å². The van der Waals surface area contributed by atoms with Gasteiger partial charge in [0.1, 0.15) is 4.88 Å². The molecule has 0 aliphatic heterocycles. The van der Waals surface area contributed by atoms with E-state index in [1.165, 1.54) is 22.7 Å². The Balaban J connectivity index is 2.07. The predicted octanol–water partition coefficient (Wildman–Crippen LogP) is 4.99. The van der Waals surface area contributed by atoms with Gasteiger partial charge in [-0.3, -0.25) is 4.79 Å². The van der Waals surface area contributed by atoms with Crippen molar-refractivity contribution in [1.82, 2.24) is 0 Å². The molecule has 3 aromatic rings. The number of aryl methyl sites for hydroxylation is 2. The van der Waals surface area contributed by atoms with E-state index in [4.69, 9.17) is 4.74 Å². The van der Waals surface area contributed by atoms with Crippen LogP contribution in [-0.4, -0.2) is 18.4 Å². The molecule has 0 unspecified atom stereocenters. The minimum absolute atomic E-state index is 0.0357. The summed E-state index contributed by atoms with van der Waals surface area (Å²) in [5.41, 5.74) is 2.54. The summed E-state index contributed by atoms with van der Waals surface area (Å²) in [7, 11) is 0. The second kappa shape index (κ2) is 6.26. The topological polar surface area (TPSA) is 43.4 Å². The van der Waals surface area contributed by atoms with Crippen molar-refractivity contribution < 1.29 is 14.3 Å². The van der Waals surface area contributed by atoms with E-state index < -0.39 is 0 Å². The summed E-state index contributed by atoms with van der Waals surface area (Å²) in [4.78, 5) is 26.1. The molecule has 23 heavy (non-hydrogen) atoms. The van der Waals surface area contributed by atoms with Gasteiger partial charge in [0, 0.05) is 10.9 Å². The molecular formula is C18H16O3S2. The molecule has 0 spiro atoms. The smallest absolute Gasteiger partial charge is 0.348 e. The largest absolute Gasteiger partial charge is 0.462 e. The average molecular weight is 344 g/mol. The van der Waals surface area contributed by atoms with E-state index in [0.717, 1.165) is 25.4 Å². The van der Waals surface area contributed by atoms with Crippen molar-refractivity contribution in [3.8, 4) is 0 Å². The number of benzene rings is 1. The van der Waals surface area contributed by atoms with Crippen LogP contribution in [0.25, 0.3) is 9.40 Å². The minimum Gasteiger partial charge on any atom is -0.462 e. The van der Waals surface area contributed by atoms with E-state index >= 15 is 0 Å². The summed E-state index contributed by atoms with van der Waals surface area (Å²) in [6.07, 6.45) is 0. The van der Waals surface area contributed by atoms with E-state index in [-0.39, 0.29) is 11.8 Å².